The molecule has 1 radical (unpaired) electrons. The first kappa shape index (κ1) is 75.3. The first-order valence-corrected chi connectivity index (χ1v) is 39.7. The Balaban J connectivity index is 0.000000195. The number of rotatable bonds is 20. The zero-order chi connectivity index (χ0) is 75.4. The van der Waals surface area contributed by atoms with Crippen LogP contribution in [0, 0.1) is 12.1 Å². The maximum Gasteiger partial charge on any atom is 0.165 e. The molecule has 551 valence electrons. The van der Waals surface area contributed by atoms with Gasteiger partial charge in [-0.25, -0.2) is 15.0 Å². The fourth-order valence-electron chi connectivity index (χ4n) is 17.1. The van der Waals surface area contributed by atoms with Gasteiger partial charge in [0.1, 0.15) is 0 Å². The van der Waals surface area contributed by atoms with Crippen LogP contribution in [0.4, 0.5) is 0 Å². The van der Waals surface area contributed by atoms with Gasteiger partial charge >= 0.3 is 0 Å². The van der Waals surface area contributed by atoms with Crippen LogP contribution in [-0.2, 0) is 41.8 Å². The predicted molar refractivity (Wildman–Crippen MR) is 459 cm³/mol. The summed E-state index contributed by atoms with van der Waals surface area (Å²) in [5.74, 6) is 1.86. The van der Waals surface area contributed by atoms with E-state index in [1.165, 1.54) is 138 Å². The van der Waals surface area contributed by atoms with Gasteiger partial charge in [-0.15, -0.1) is 71.3 Å². The summed E-state index contributed by atoms with van der Waals surface area (Å²) in [4.78, 5) is 25.3. The summed E-state index contributed by atoms with van der Waals surface area (Å²) in [6.07, 6.45) is 15.5. The quantitative estimate of drug-likeness (QED) is 0.0562. The number of fused-ring (bicyclic) bond motifs is 7. The molecule has 0 aliphatic heterocycles. The number of aromatic nitrogens is 5. The normalized spacial score (nSPS) is 12.9. The van der Waals surface area contributed by atoms with E-state index in [1.807, 2.05) is 48.8 Å². The summed E-state index contributed by atoms with van der Waals surface area (Å²) in [7, 11) is 0. The number of unbranched alkanes of at least 4 members (excludes halogenated alkanes) is 6. The zero-order valence-electron chi connectivity index (χ0n) is 65.1. The van der Waals surface area contributed by atoms with Crippen LogP contribution in [-0.4, -0.2) is 24.9 Å². The molecule has 0 spiro atoms. The van der Waals surface area contributed by atoms with Gasteiger partial charge in [0.05, 0.1) is 0 Å². The Morgan fingerprint density at radius 3 is 1.18 bits per heavy atom. The van der Waals surface area contributed by atoms with E-state index in [9.17, 15) is 0 Å². The Bertz CT molecular complexity index is 5410. The Morgan fingerprint density at radius 1 is 0.324 bits per heavy atom. The average molecular weight is 1620 g/mol. The van der Waals surface area contributed by atoms with Crippen molar-refractivity contribution < 1.29 is 20.1 Å². The fourth-order valence-corrected chi connectivity index (χ4v) is 17.1. The third-order valence-corrected chi connectivity index (χ3v) is 23.0. The fraction of sp³-hybridized carbons (Fsp3) is 0.210. The van der Waals surface area contributed by atoms with Crippen LogP contribution < -0.4 is 0 Å². The van der Waals surface area contributed by atoms with E-state index in [4.69, 9.17) is 24.9 Å². The van der Waals surface area contributed by atoms with Crippen LogP contribution in [0.3, 0.4) is 0 Å². The van der Waals surface area contributed by atoms with E-state index < -0.39 is 0 Å². The van der Waals surface area contributed by atoms with Crippen LogP contribution >= 0.6 is 0 Å². The summed E-state index contributed by atoms with van der Waals surface area (Å²) in [6, 6.07) is 115. The van der Waals surface area contributed by atoms with Gasteiger partial charge in [0.25, 0.3) is 0 Å². The summed E-state index contributed by atoms with van der Waals surface area (Å²) in [5.41, 5.74) is 29.7. The number of pyridine rings is 2. The van der Waals surface area contributed by atoms with Gasteiger partial charge in [-0.05, 0) is 165 Å². The molecule has 15 aromatic rings. The van der Waals surface area contributed by atoms with Gasteiger partial charge in [-0.3, -0.25) is 0 Å². The third-order valence-electron chi connectivity index (χ3n) is 23.0. The van der Waals surface area contributed by atoms with Crippen molar-refractivity contribution in [3.8, 4) is 112 Å². The molecule has 0 saturated carbocycles. The van der Waals surface area contributed by atoms with Crippen molar-refractivity contribution in [1.82, 2.24) is 24.9 Å². The molecule has 0 saturated heterocycles. The molecule has 0 amide bonds. The minimum atomic E-state index is -0.242. The standard InChI is InChI=1S/C64H57N4.C41H38N.Ir/c1-3-5-7-20-42-63(55-28-16-12-24-51(55)52-25-13-17-29-56(52)63)49-37-32-46(33-38-49)60-66-61(68-62(67-60)48-36-41-59(65-44-48)45-22-10-9-11-23-45)47-34-39-50(40-35-47)64(43-21-8-6-4-2)57-30-18-14-26-53(57)54-27-15-19-31-58(54)64;1-40(2,3)36-18-14-28(15-19-36)33-25-34(29-16-20-37(21-17-29)41(4,5)6)27-35(26-33)31-11-9-12-32(24-31)39-38-13-8-7-10-30(38)22-23-42-39;/h9-19,22,24-41,44H,3-8,20-21,42-43H2,1-2H3;7-11,13-27H,1-6H3;/q2*-1;. The molecular weight excluding hydrogens is 1520 g/mol. The Labute approximate surface area is 670 Å². The third kappa shape index (κ3) is 15.1. The predicted octanol–water partition coefficient (Wildman–Crippen LogP) is 27.6. The van der Waals surface area contributed by atoms with Crippen molar-refractivity contribution in [2.75, 3.05) is 0 Å². The van der Waals surface area contributed by atoms with Crippen LogP contribution in [0.2, 0.25) is 0 Å². The van der Waals surface area contributed by atoms with Gasteiger partial charge in [0.15, 0.2) is 17.5 Å². The van der Waals surface area contributed by atoms with Crippen molar-refractivity contribution in [3.63, 3.8) is 0 Å². The largest absolute Gasteiger partial charge is 0.304 e. The van der Waals surface area contributed by atoms with Gasteiger partial charge in [-0.1, -0.05) is 337 Å². The van der Waals surface area contributed by atoms with Crippen LogP contribution in [0.15, 0.2) is 310 Å². The van der Waals surface area contributed by atoms with Crippen LogP contribution in [0.1, 0.15) is 164 Å². The van der Waals surface area contributed by atoms with Crippen LogP contribution in [0.5, 0.6) is 0 Å². The summed E-state index contributed by atoms with van der Waals surface area (Å²) in [5, 5.41) is 2.32. The van der Waals surface area contributed by atoms with Crippen molar-refractivity contribution in [2.24, 2.45) is 0 Å². The van der Waals surface area contributed by atoms with E-state index >= 15 is 0 Å². The topological polar surface area (TPSA) is 64.5 Å². The smallest absolute Gasteiger partial charge is 0.165 e. The molecule has 0 fully saturated rings. The van der Waals surface area contributed by atoms with E-state index in [0.29, 0.717) is 17.5 Å². The minimum Gasteiger partial charge on any atom is -0.304 e. The summed E-state index contributed by atoms with van der Waals surface area (Å²) >= 11 is 0. The first-order valence-electron chi connectivity index (χ1n) is 39.7. The second-order valence-corrected chi connectivity index (χ2v) is 32.1. The molecule has 0 N–H and O–H groups in total. The number of hydrogen-bond acceptors (Lipinski definition) is 5. The molecule has 2 aliphatic carbocycles. The van der Waals surface area contributed by atoms with E-state index in [2.05, 4.69) is 328 Å². The van der Waals surface area contributed by atoms with Crippen LogP contribution in [0.25, 0.3) is 123 Å². The van der Waals surface area contributed by atoms with E-state index in [-0.39, 0.29) is 41.8 Å². The molecule has 3 aromatic heterocycles. The summed E-state index contributed by atoms with van der Waals surface area (Å²) in [6.45, 7) is 18.1. The molecule has 0 bridgehead atoms. The summed E-state index contributed by atoms with van der Waals surface area (Å²) < 4.78 is 0. The Kier molecular flexibility index (Phi) is 22.0. The maximum absolute atomic E-state index is 5.29. The molecule has 5 nitrogen and oxygen atoms in total. The monoisotopic (exact) mass is 1620 g/mol. The molecule has 6 heteroatoms. The Hall–Kier alpha value is -11.1. The van der Waals surface area contributed by atoms with Crippen molar-refractivity contribution >= 4 is 10.8 Å². The van der Waals surface area contributed by atoms with E-state index in [0.717, 1.165) is 75.8 Å². The first-order chi connectivity index (χ1) is 53.7. The SMILES string of the molecule is CC(C)(C)c1ccc(-c2cc(-c3ccc(C(C)(C)C)cc3)cc(-c3cc[c-]c(-c4nccc5ccccc45)c3)c2)cc1.CCCCCCC1(c2ccc(-c3nc(-c4ccc(C5(CCCCCC)c6ccccc6-c6ccccc65)cc4)nc(-c4ccc(-c5[c-]cccc5)nc4)n3)cc2)c2ccccc2-c2ccccc21.[Ir]. The van der Waals surface area contributed by atoms with E-state index in [1.54, 1.807) is 0 Å². The number of hydrogen-bond donors (Lipinski definition) is 0. The number of nitrogens with zero attached hydrogens (tertiary/aromatic N) is 5. The second kappa shape index (κ2) is 32.4. The van der Waals surface area contributed by atoms with Gasteiger partial charge in [0, 0.05) is 60.0 Å². The van der Waals surface area contributed by atoms with Crippen molar-refractivity contribution in [3.05, 3.63) is 366 Å². The van der Waals surface area contributed by atoms with Crippen molar-refractivity contribution in [2.45, 2.75) is 141 Å². The van der Waals surface area contributed by atoms with Gasteiger partial charge in [0.2, 0.25) is 0 Å². The second-order valence-electron chi connectivity index (χ2n) is 32.1. The average Bonchev–Trinajstić information content (AvgIpc) is 1.57. The molecule has 111 heavy (non-hydrogen) atoms. The Morgan fingerprint density at radius 2 is 0.739 bits per heavy atom. The molecule has 0 atom stereocenters. The molecule has 12 aromatic carbocycles. The molecule has 17 rings (SSSR count). The van der Waals surface area contributed by atoms with Gasteiger partial charge in [-0.2, -0.15) is 0 Å². The number of benzene rings is 12. The van der Waals surface area contributed by atoms with Gasteiger partial charge < -0.3 is 9.97 Å². The van der Waals surface area contributed by atoms with Crippen molar-refractivity contribution in [1.29, 1.82) is 0 Å². The maximum atomic E-state index is 5.29. The minimum absolute atomic E-state index is 0. The molecule has 0 unspecified atom stereocenters. The molecule has 2 aliphatic rings. The molecular formula is C105H95IrN5-2. The molecule has 3 heterocycles. The zero-order valence-corrected chi connectivity index (χ0v) is 67.5.